The van der Waals surface area contributed by atoms with Crippen molar-refractivity contribution in [2.75, 3.05) is 19.8 Å². The monoisotopic (exact) mass is 299 g/mol. The fourth-order valence-electron chi connectivity index (χ4n) is 2.31. The first-order chi connectivity index (χ1) is 9.99. The quantitative estimate of drug-likeness (QED) is 0.907. The third-order valence-electron chi connectivity index (χ3n) is 3.35. The SMILES string of the molecule is O=C(O)CC1COCCN1C(=O)Cc1c(F)cccc1F. The minimum atomic E-state index is -1.06. The summed E-state index contributed by atoms with van der Waals surface area (Å²) in [7, 11) is 0. The lowest BCUT2D eigenvalue weighted by Gasteiger charge is -2.35. The fraction of sp³-hybridized carbons (Fsp3) is 0.429. The third-order valence-corrected chi connectivity index (χ3v) is 3.35. The number of carboxylic acids is 1. The molecule has 7 heteroatoms. The van der Waals surface area contributed by atoms with Crippen LogP contribution in [0, 0.1) is 11.6 Å². The molecular formula is C14H15F2NO4. The van der Waals surface area contributed by atoms with Crippen molar-refractivity contribution >= 4 is 11.9 Å². The van der Waals surface area contributed by atoms with E-state index in [-0.39, 0.29) is 31.7 Å². The Kier molecular flexibility index (Phi) is 4.85. The average Bonchev–Trinajstić information content (AvgIpc) is 2.43. The first kappa shape index (κ1) is 15.4. The first-order valence-corrected chi connectivity index (χ1v) is 6.51. The van der Waals surface area contributed by atoms with Gasteiger partial charge < -0.3 is 14.7 Å². The molecule has 0 aromatic heterocycles. The zero-order valence-corrected chi connectivity index (χ0v) is 11.2. The van der Waals surface area contributed by atoms with E-state index in [4.69, 9.17) is 9.84 Å². The highest BCUT2D eigenvalue weighted by Gasteiger charge is 2.29. The van der Waals surface area contributed by atoms with E-state index in [1.807, 2.05) is 0 Å². The number of amides is 1. The van der Waals surface area contributed by atoms with Gasteiger partial charge in [0.1, 0.15) is 11.6 Å². The van der Waals surface area contributed by atoms with Gasteiger partial charge in [-0.25, -0.2) is 8.78 Å². The Labute approximate surface area is 120 Å². The molecule has 1 atom stereocenters. The Hall–Kier alpha value is -2.02. The molecule has 1 aliphatic heterocycles. The Morgan fingerprint density at radius 3 is 2.62 bits per heavy atom. The number of hydrogen-bond donors (Lipinski definition) is 1. The summed E-state index contributed by atoms with van der Waals surface area (Å²) in [6.45, 7) is 0.603. The molecule has 1 fully saturated rings. The van der Waals surface area contributed by atoms with Crippen molar-refractivity contribution in [2.24, 2.45) is 0 Å². The van der Waals surface area contributed by atoms with Gasteiger partial charge in [0.25, 0.3) is 0 Å². The Balaban J connectivity index is 2.12. The van der Waals surface area contributed by atoms with Gasteiger partial charge in [0.05, 0.1) is 32.1 Å². The number of rotatable bonds is 4. The highest BCUT2D eigenvalue weighted by atomic mass is 19.1. The van der Waals surface area contributed by atoms with Crippen LogP contribution in [0.15, 0.2) is 18.2 Å². The van der Waals surface area contributed by atoms with Crippen LogP contribution >= 0.6 is 0 Å². The number of carbonyl (C=O) groups excluding carboxylic acids is 1. The summed E-state index contributed by atoms with van der Waals surface area (Å²) in [6.07, 6.45) is -0.694. The van der Waals surface area contributed by atoms with Crippen molar-refractivity contribution in [3.63, 3.8) is 0 Å². The van der Waals surface area contributed by atoms with E-state index in [1.165, 1.54) is 11.0 Å². The number of hydrogen-bond acceptors (Lipinski definition) is 3. The molecule has 0 spiro atoms. The summed E-state index contributed by atoms with van der Waals surface area (Å²) in [6, 6.07) is 2.78. The van der Waals surface area contributed by atoms with Crippen LogP contribution in [0.5, 0.6) is 0 Å². The van der Waals surface area contributed by atoms with Gasteiger partial charge in [-0.15, -0.1) is 0 Å². The molecule has 5 nitrogen and oxygen atoms in total. The molecule has 1 aromatic carbocycles. The van der Waals surface area contributed by atoms with E-state index in [0.29, 0.717) is 0 Å². The minimum absolute atomic E-state index is 0.109. The van der Waals surface area contributed by atoms with Gasteiger partial charge in [0.15, 0.2) is 0 Å². The smallest absolute Gasteiger partial charge is 0.305 e. The van der Waals surface area contributed by atoms with Crippen LogP contribution in [-0.4, -0.2) is 47.7 Å². The number of halogens is 2. The summed E-state index contributed by atoms with van der Waals surface area (Å²) in [5.41, 5.74) is -0.303. The highest BCUT2D eigenvalue weighted by Crippen LogP contribution is 2.17. The maximum Gasteiger partial charge on any atom is 0.305 e. The van der Waals surface area contributed by atoms with Crippen LogP contribution in [0.4, 0.5) is 8.78 Å². The summed E-state index contributed by atoms with van der Waals surface area (Å²) < 4.78 is 32.3. The number of aliphatic carboxylic acids is 1. The van der Waals surface area contributed by atoms with Gasteiger partial charge in [-0.05, 0) is 12.1 Å². The zero-order valence-electron chi connectivity index (χ0n) is 11.2. The number of morpholine rings is 1. The van der Waals surface area contributed by atoms with E-state index >= 15 is 0 Å². The maximum atomic E-state index is 13.6. The van der Waals surface area contributed by atoms with Crippen LogP contribution in [0.3, 0.4) is 0 Å². The van der Waals surface area contributed by atoms with E-state index in [9.17, 15) is 18.4 Å². The van der Waals surface area contributed by atoms with Crippen LogP contribution in [0.2, 0.25) is 0 Å². The molecule has 114 valence electrons. The first-order valence-electron chi connectivity index (χ1n) is 6.51. The molecule has 1 aliphatic rings. The predicted octanol–water partition coefficient (Wildman–Crippen LogP) is 1.21. The van der Waals surface area contributed by atoms with Crippen molar-refractivity contribution in [1.82, 2.24) is 4.90 Å². The van der Waals surface area contributed by atoms with Crippen molar-refractivity contribution < 1.29 is 28.2 Å². The minimum Gasteiger partial charge on any atom is -0.481 e. The number of ether oxygens (including phenoxy) is 1. The molecule has 1 saturated heterocycles. The number of carboxylic acid groups (broad SMARTS) is 1. The molecule has 1 heterocycles. The van der Waals surface area contributed by atoms with Gasteiger partial charge in [0, 0.05) is 12.1 Å². The largest absolute Gasteiger partial charge is 0.481 e. The van der Waals surface area contributed by atoms with E-state index in [1.54, 1.807) is 0 Å². The van der Waals surface area contributed by atoms with E-state index < -0.39 is 36.0 Å². The summed E-state index contributed by atoms with van der Waals surface area (Å²) >= 11 is 0. The van der Waals surface area contributed by atoms with Gasteiger partial charge in [-0.1, -0.05) is 6.07 Å². The normalized spacial score (nSPS) is 18.6. The predicted molar refractivity (Wildman–Crippen MR) is 68.6 cm³/mol. The van der Waals surface area contributed by atoms with Crippen molar-refractivity contribution in [2.45, 2.75) is 18.9 Å². The molecule has 0 aliphatic carbocycles. The molecule has 1 unspecified atom stereocenters. The Morgan fingerprint density at radius 1 is 1.33 bits per heavy atom. The second kappa shape index (κ2) is 6.62. The molecule has 0 radical (unpaired) electrons. The second-order valence-electron chi connectivity index (χ2n) is 4.79. The molecule has 2 rings (SSSR count). The molecule has 1 amide bonds. The summed E-state index contributed by atoms with van der Waals surface area (Å²) in [5, 5.41) is 8.83. The number of benzene rings is 1. The molecular weight excluding hydrogens is 284 g/mol. The molecule has 0 saturated carbocycles. The van der Waals surface area contributed by atoms with E-state index in [0.717, 1.165) is 12.1 Å². The third kappa shape index (κ3) is 3.75. The molecule has 0 bridgehead atoms. The number of nitrogens with zero attached hydrogens (tertiary/aromatic N) is 1. The van der Waals surface area contributed by atoms with Crippen LogP contribution in [0.1, 0.15) is 12.0 Å². The maximum absolute atomic E-state index is 13.6. The van der Waals surface area contributed by atoms with Crippen LogP contribution in [0.25, 0.3) is 0 Å². The Bertz CT molecular complexity index is 530. The van der Waals surface area contributed by atoms with Crippen molar-refractivity contribution in [1.29, 1.82) is 0 Å². The Morgan fingerprint density at radius 2 is 2.00 bits per heavy atom. The lowest BCUT2D eigenvalue weighted by Crippen LogP contribution is -2.50. The summed E-state index contributed by atoms with van der Waals surface area (Å²) in [4.78, 5) is 24.3. The van der Waals surface area contributed by atoms with Gasteiger partial charge in [-0.3, -0.25) is 9.59 Å². The lowest BCUT2D eigenvalue weighted by atomic mass is 10.1. The fourth-order valence-corrected chi connectivity index (χ4v) is 2.31. The average molecular weight is 299 g/mol. The molecule has 1 N–H and O–H groups in total. The van der Waals surface area contributed by atoms with Crippen molar-refractivity contribution in [3.05, 3.63) is 35.4 Å². The molecule has 21 heavy (non-hydrogen) atoms. The van der Waals surface area contributed by atoms with Crippen LogP contribution < -0.4 is 0 Å². The zero-order chi connectivity index (χ0) is 15.4. The van der Waals surface area contributed by atoms with Crippen LogP contribution in [-0.2, 0) is 20.7 Å². The standard InChI is InChI=1S/C14H15F2NO4/c15-11-2-1-3-12(16)10(11)7-13(18)17-4-5-21-8-9(17)6-14(19)20/h1-3,9H,4-8H2,(H,19,20). The van der Waals surface area contributed by atoms with Crippen molar-refractivity contribution in [3.8, 4) is 0 Å². The number of carbonyl (C=O) groups is 2. The van der Waals surface area contributed by atoms with Gasteiger partial charge in [-0.2, -0.15) is 0 Å². The van der Waals surface area contributed by atoms with E-state index in [2.05, 4.69) is 0 Å². The van der Waals surface area contributed by atoms with Gasteiger partial charge in [0.2, 0.25) is 5.91 Å². The van der Waals surface area contributed by atoms with Gasteiger partial charge >= 0.3 is 5.97 Å². The highest BCUT2D eigenvalue weighted by molar-refractivity contribution is 5.80. The lowest BCUT2D eigenvalue weighted by molar-refractivity contribution is -0.146. The molecule has 1 aromatic rings. The summed E-state index contributed by atoms with van der Waals surface area (Å²) in [5.74, 6) is -3.13. The second-order valence-corrected chi connectivity index (χ2v) is 4.79. The topological polar surface area (TPSA) is 66.8 Å².